The fourth-order valence-electron chi connectivity index (χ4n) is 4.30. The van der Waals surface area contributed by atoms with Gasteiger partial charge in [0.1, 0.15) is 5.82 Å². The predicted molar refractivity (Wildman–Crippen MR) is 130 cm³/mol. The zero-order valence-corrected chi connectivity index (χ0v) is 19.6. The van der Waals surface area contributed by atoms with Gasteiger partial charge >= 0.3 is 6.03 Å². The van der Waals surface area contributed by atoms with Gasteiger partial charge in [-0.25, -0.2) is 9.18 Å². The standard InChI is InChI=1S/C24H18Cl2FN3O2S/c25-16-5-3-6-18(12-16)28-23(32)30-10-11-33-24(30)19-13-17(27)8-9-21(19)29(22(24)31)14-15-4-1-2-7-20(15)26/h1-9,12-13H,10-11,14H2,(H,28,32). The molecule has 1 spiro atoms. The maximum Gasteiger partial charge on any atom is 0.323 e. The Balaban J connectivity index is 1.54. The normalized spacial score (nSPS) is 19.3. The highest BCUT2D eigenvalue weighted by atomic mass is 35.5. The fraction of sp³-hybridized carbons (Fsp3) is 0.167. The van der Waals surface area contributed by atoms with Crippen molar-refractivity contribution >= 4 is 58.3 Å². The summed E-state index contributed by atoms with van der Waals surface area (Å²) in [6.45, 7) is 0.544. The first-order chi connectivity index (χ1) is 15.9. The van der Waals surface area contributed by atoms with Crippen LogP contribution in [0.1, 0.15) is 11.1 Å². The van der Waals surface area contributed by atoms with Crippen LogP contribution in [-0.4, -0.2) is 29.1 Å². The Morgan fingerprint density at radius 1 is 1.09 bits per heavy atom. The number of anilines is 2. The summed E-state index contributed by atoms with van der Waals surface area (Å²) in [4.78, 5) is 28.9. The van der Waals surface area contributed by atoms with Crippen molar-refractivity contribution in [2.75, 3.05) is 22.5 Å². The molecule has 1 N–H and O–H groups in total. The first-order valence-electron chi connectivity index (χ1n) is 10.2. The minimum absolute atomic E-state index is 0.212. The van der Waals surface area contributed by atoms with Crippen LogP contribution in [0.3, 0.4) is 0 Å². The summed E-state index contributed by atoms with van der Waals surface area (Å²) in [5, 5.41) is 3.83. The topological polar surface area (TPSA) is 52.7 Å². The predicted octanol–water partition coefficient (Wildman–Crippen LogP) is 6.11. The van der Waals surface area contributed by atoms with Crippen molar-refractivity contribution in [2.45, 2.75) is 11.4 Å². The van der Waals surface area contributed by atoms with Gasteiger partial charge in [0, 0.05) is 33.6 Å². The number of hydrogen-bond acceptors (Lipinski definition) is 3. The first kappa shape index (κ1) is 22.1. The Morgan fingerprint density at radius 2 is 1.91 bits per heavy atom. The molecule has 0 saturated carbocycles. The van der Waals surface area contributed by atoms with Gasteiger partial charge in [-0.3, -0.25) is 9.69 Å². The van der Waals surface area contributed by atoms with Crippen LogP contribution in [-0.2, 0) is 16.2 Å². The highest BCUT2D eigenvalue weighted by Crippen LogP contribution is 2.54. The molecule has 0 radical (unpaired) electrons. The second kappa shape index (κ2) is 8.56. The van der Waals surface area contributed by atoms with Gasteiger partial charge in [0.2, 0.25) is 0 Å². The molecule has 33 heavy (non-hydrogen) atoms. The number of carbonyl (C=O) groups is 2. The van der Waals surface area contributed by atoms with Gasteiger partial charge in [-0.2, -0.15) is 0 Å². The SMILES string of the molecule is O=C(Nc1cccc(Cl)c1)N1CCSC12C(=O)N(Cc1ccccc1Cl)c1ccc(F)cc12. The average molecular weight is 502 g/mol. The third-order valence-electron chi connectivity index (χ3n) is 5.76. The zero-order valence-electron chi connectivity index (χ0n) is 17.2. The Hall–Kier alpha value is -2.74. The first-order valence-corrected chi connectivity index (χ1v) is 12.0. The van der Waals surface area contributed by atoms with E-state index in [2.05, 4.69) is 5.32 Å². The largest absolute Gasteiger partial charge is 0.323 e. The summed E-state index contributed by atoms with van der Waals surface area (Å²) >= 11 is 13.7. The van der Waals surface area contributed by atoms with Gasteiger partial charge in [0.05, 0.1) is 12.2 Å². The number of fused-ring (bicyclic) bond motifs is 2. The molecule has 2 aliphatic rings. The van der Waals surface area contributed by atoms with E-state index >= 15 is 0 Å². The average Bonchev–Trinajstić information content (AvgIpc) is 3.32. The van der Waals surface area contributed by atoms with Crippen LogP contribution in [0.2, 0.25) is 10.0 Å². The molecular weight excluding hydrogens is 484 g/mol. The molecule has 2 heterocycles. The van der Waals surface area contributed by atoms with Crippen LogP contribution in [0.5, 0.6) is 0 Å². The molecule has 0 bridgehead atoms. The molecule has 3 amide bonds. The van der Waals surface area contributed by atoms with Gasteiger partial charge in [0.25, 0.3) is 5.91 Å². The third kappa shape index (κ3) is 3.74. The lowest BCUT2D eigenvalue weighted by molar-refractivity contribution is -0.123. The number of rotatable bonds is 3. The molecular formula is C24H18Cl2FN3O2S. The van der Waals surface area contributed by atoms with E-state index in [0.717, 1.165) is 5.56 Å². The van der Waals surface area contributed by atoms with Crippen molar-refractivity contribution < 1.29 is 14.0 Å². The second-order valence-corrected chi connectivity index (χ2v) is 9.86. The Labute approximate surface area is 204 Å². The summed E-state index contributed by atoms with van der Waals surface area (Å²) in [5.74, 6) is -0.236. The van der Waals surface area contributed by atoms with Crippen molar-refractivity contribution in [3.63, 3.8) is 0 Å². The molecule has 3 aromatic carbocycles. The van der Waals surface area contributed by atoms with Crippen LogP contribution >= 0.6 is 35.0 Å². The minimum Gasteiger partial charge on any atom is -0.308 e. The van der Waals surface area contributed by atoms with Gasteiger partial charge in [0.15, 0.2) is 4.87 Å². The summed E-state index contributed by atoms with van der Waals surface area (Å²) in [5.41, 5.74) is 2.30. The lowest BCUT2D eigenvalue weighted by Crippen LogP contribution is -2.51. The van der Waals surface area contributed by atoms with Gasteiger partial charge in [-0.05, 0) is 48.0 Å². The van der Waals surface area contributed by atoms with E-state index in [4.69, 9.17) is 23.2 Å². The number of urea groups is 1. The summed E-state index contributed by atoms with van der Waals surface area (Å²) < 4.78 is 14.4. The van der Waals surface area contributed by atoms with Gasteiger partial charge < -0.3 is 10.2 Å². The summed E-state index contributed by atoms with van der Waals surface area (Å²) in [7, 11) is 0. The Bertz CT molecular complexity index is 1270. The van der Waals surface area contributed by atoms with Crippen LogP contribution in [0.4, 0.5) is 20.6 Å². The van der Waals surface area contributed by atoms with Crippen molar-refractivity contribution in [2.24, 2.45) is 0 Å². The van der Waals surface area contributed by atoms with Crippen molar-refractivity contribution in [3.05, 3.63) is 93.7 Å². The molecule has 1 atom stereocenters. The number of hydrogen-bond donors (Lipinski definition) is 1. The Morgan fingerprint density at radius 3 is 2.70 bits per heavy atom. The van der Waals surface area contributed by atoms with Crippen molar-refractivity contribution in [1.82, 2.24) is 4.90 Å². The van der Waals surface area contributed by atoms with Gasteiger partial charge in [-0.1, -0.05) is 47.5 Å². The highest BCUT2D eigenvalue weighted by molar-refractivity contribution is 8.01. The molecule has 168 valence electrons. The van der Waals surface area contributed by atoms with E-state index in [1.54, 1.807) is 41.3 Å². The van der Waals surface area contributed by atoms with Crippen molar-refractivity contribution in [3.8, 4) is 0 Å². The van der Waals surface area contributed by atoms with Crippen LogP contribution < -0.4 is 10.2 Å². The molecule has 1 unspecified atom stereocenters. The summed E-state index contributed by atoms with van der Waals surface area (Å²) in [6.07, 6.45) is 0. The maximum absolute atomic E-state index is 14.4. The number of nitrogens with zero attached hydrogens (tertiary/aromatic N) is 2. The van der Waals surface area contributed by atoms with E-state index < -0.39 is 16.7 Å². The monoisotopic (exact) mass is 501 g/mol. The van der Waals surface area contributed by atoms with E-state index in [9.17, 15) is 14.0 Å². The number of nitrogens with one attached hydrogen (secondary N) is 1. The number of carbonyl (C=O) groups excluding carboxylic acids is 2. The molecule has 5 rings (SSSR count). The fourth-order valence-corrected chi connectivity index (χ4v) is 6.14. The number of amides is 3. The van der Waals surface area contributed by atoms with E-state index in [0.29, 0.717) is 39.3 Å². The molecule has 3 aromatic rings. The van der Waals surface area contributed by atoms with Crippen LogP contribution in [0, 0.1) is 5.82 Å². The number of halogens is 3. The third-order valence-corrected chi connectivity index (χ3v) is 7.79. The second-order valence-electron chi connectivity index (χ2n) is 7.73. The zero-order chi connectivity index (χ0) is 23.2. The van der Waals surface area contributed by atoms with Crippen LogP contribution in [0.25, 0.3) is 0 Å². The highest BCUT2D eigenvalue weighted by Gasteiger charge is 2.59. The smallest absolute Gasteiger partial charge is 0.308 e. The van der Waals surface area contributed by atoms with E-state index in [-0.39, 0.29) is 12.5 Å². The molecule has 1 saturated heterocycles. The van der Waals surface area contributed by atoms with Crippen LogP contribution in [0.15, 0.2) is 66.7 Å². The quantitative estimate of drug-likeness (QED) is 0.470. The lowest BCUT2D eigenvalue weighted by Gasteiger charge is -2.33. The van der Waals surface area contributed by atoms with Gasteiger partial charge in [-0.15, -0.1) is 11.8 Å². The number of thioether (sulfide) groups is 1. The lowest BCUT2D eigenvalue weighted by atomic mass is 10.1. The summed E-state index contributed by atoms with van der Waals surface area (Å²) in [6, 6.07) is 17.8. The molecule has 2 aliphatic heterocycles. The molecule has 9 heteroatoms. The molecule has 0 aromatic heterocycles. The minimum atomic E-state index is -1.36. The Kier molecular flexibility index (Phi) is 5.72. The van der Waals surface area contributed by atoms with Crippen molar-refractivity contribution in [1.29, 1.82) is 0 Å². The number of benzene rings is 3. The maximum atomic E-state index is 14.4. The molecule has 5 nitrogen and oxygen atoms in total. The van der Waals surface area contributed by atoms with E-state index in [1.165, 1.54) is 28.8 Å². The molecule has 1 fully saturated rings. The molecule has 0 aliphatic carbocycles. The van der Waals surface area contributed by atoms with E-state index in [1.807, 2.05) is 18.2 Å².